The first-order chi connectivity index (χ1) is 10.6. The van der Waals surface area contributed by atoms with Crippen LogP contribution in [-0.2, 0) is 17.8 Å². The third-order valence-electron chi connectivity index (χ3n) is 4.28. The van der Waals surface area contributed by atoms with E-state index in [1.165, 1.54) is 6.42 Å². The van der Waals surface area contributed by atoms with Crippen LogP contribution in [0, 0.1) is 0 Å². The molecule has 1 aromatic rings. The number of aromatic nitrogens is 2. The average Bonchev–Trinajstić information content (AvgIpc) is 2.95. The van der Waals surface area contributed by atoms with Crippen molar-refractivity contribution < 1.29 is 4.79 Å². The Balaban J connectivity index is 1.59. The fraction of sp³-hybridized carbons (Fsp3) is 0.467. The number of amides is 1. The lowest BCUT2D eigenvalue weighted by Gasteiger charge is -2.28. The second-order valence-corrected chi connectivity index (χ2v) is 5.81. The molecule has 0 aromatic carbocycles. The number of hydrogen-bond acceptors (Lipinski definition) is 5. The molecule has 1 aliphatic carbocycles. The van der Waals surface area contributed by atoms with Gasteiger partial charge in [0.15, 0.2) is 0 Å². The van der Waals surface area contributed by atoms with Gasteiger partial charge in [0.25, 0.3) is 5.91 Å². The van der Waals surface area contributed by atoms with Gasteiger partial charge in [0.05, 0.1) is 35.8 Å². The Labute approximate surface area is 129 Å². The van der Waals surface area contributed by atoms with E-state index in [4.69, 9.17) is 11.5 Å². The van der Waals surface area contributed by atoms with Gasteiger partial charge in [-0.05, 0) is 31.4 Å². The standard InChI is InChI=1S/C15H22N6O/c16-11(15(22)20-10-2-1-3-10)4-5-14(17)21-7-6-12-13(8-21)19-9-18-12/h4-5,9-10H,1-3,6-8,16-17H2,(H,18,19)(H,20,22)/b11-4-,14-5+. The van der Waals surface area contributed by atoms with Crippen molar-refractivity contribution in [3.8, 4) is 0 Å². The SMILES string of the molecule is N/C(=C\C=C(/N)N1CCc2nc[nH]c2C1)C(=O)NC1CCC1. The number of fused-ring (bicyclic) bond motifs is 1. The third kappa shape index (κ3) is 3.08. The molecule has 1 saturated carbocycles. The van der Waals surface area contributed by atoms with E-state index < -0.39 is 0 Å². The fourth-order valence-corrected chi connectivity index (χ4v) is 2.61. The highest BCUT2D eigenvalue weighted by Crippen LogP contribution is 2.18. The van der Waals surface area contributed by atoms with Crippen LogP contribution in [0.25, 0.3) is 0 Å². The van der Waals surface area contributed by atoms with Gasteiger partial charge in [0, 0.05) is 19.0 Å². The predicted molar refractivity (Wildman–Crippen MR) is 83.0 cm³/mol. The molecule has 2 heterocycles. The van der Waals surface area contributed by atoms with Crippen molar-refractivity contribution in [2.24, 2.45) is 11.5 Å². The first-order valence-electron chi connectivity index (χ1n) is 7.63. The molecule has 0 atom stereocenters. The van der Waals surface area contributed by atoms with Crippen LogP contribution >= 0.6 is 0 Å². The summed E-state index contributed by atoms with van der Waals surface area (Å²) in [7, 11) is 0. The van der Waals surface area contributed by atoms with Crippen molar-refractivity contribution in [3.63, 3.8) is 0 Å². The minimum Gasteiger partial charge on any atom is -0.394 e. The summed E-state index contributed by atoms with van der Waals surface area (Å²) in [4.78, 5) is 21.3. The third-order valence-corrected chi connectivity index (χ3v) is 4.28. The second kappa shape index (κ2) is 6.13. The van der Waals surface area contributed by atoms with Crippen LogP contribution in [0.4, 0.5) is 0 Å². The van der Waals surface area contributed by atoms with Crippen molar-refractivity contribution >= 4 is 5.91 Å². The zero-order valence-corrected chi connectivity index (χ0v) is 12.5. The Hall–Kier alpha value is -2.44. The van der Waals surface area contributed by atoms with E-state index in [0.29, 0.717) is 12.4 Å². The maximum atomic E-state index is 11.9. The van der Waals surface area contributed by atoms with Crippen LogP contribution in [0.3, 0.4) is 0 Å². The molecule has 0 spiro atoms. The van der Waals surface area contributed by atoms with Gasteiger partial charge in [0.1, 0.15) is 0 Å². The highest BCUT2D eigenvalue weighted by molar-refractivity contribution is 5.92. The molecule has 22 heavy (non-hydrogen) atoms. The van der Waals surface area contributed by atoms with E-state index in [-0.39, 0.29) is 17.6 Å². The van der Waals surface area contributed by atoms with E-state index >= 15 is 0 Å². The molecule has 1 fully saturated rings. The molecule has 118 valence electrons. The molecular formula is C15H22N6O. The van der Waals surface area contributed by atoms with Crippen molar-refractivity contribution in [2.75, 3.05) is 6.54 Å². The quantitative estimate of drug-likeness (QED) is 0.465. The summed E-state index contributed by atoms with van der Waals surface area (Å²) in [6, 6.07) is 0.279. The summed E-state index contributed by atoms with van der Waals surface area (Å²) in [6.07, 6.45) is 9.08. The van der Waals surface area contributed by atoms with Crippen molar-refractivity contribution in [1.82, 2.24) is 20.2 Å². The van der Waals surface area contributed by atoms with Gasteiger partial charge in [-0.25, -0.2) is 4.98 Å². The molecule has 1 aliphatic heterocycles. The number of hydrogen-bond donors (Lipinski definition) is 4. The monoisotopic (exact) mass is 302 g/mol. The average molecular weight is 302 g/mol. The van der Waals surface area contributed by atoms with Crippen molar-refractivity contribution in [3.05, 3.63) is 41.4 Å². The molecule has 1 aromatic heterocycles. The normalized spacial score (nSPS) is 19.5. The number of nitrogens with zero attached hydrogens (tertiary/aromatic N) is 2. The smallest absolute Gasteiger partial charge is 0.267 e. The molecule has 1 amide bonds. The fourth-order valence-electron chi connectivity index (χ4n) is 2.61. The van der Waals surface area contributed by atoms with Gasteiger partial charge in [0.2, 0.25) is 0 Å². The predicted octanol–water partition coefficient (Wildman–Crippen LogP) is 0.0792. The van der Waals surface area contributed by atoms with Crippen molar-refractivity contribution in [2.45, 2.75) is 38.3 Å². The highest BCUT2D eigenvalue weighted by Gasteiger charge is 2.20. The second-order valence-electron chi connectivity index (χ2n) is 5.81. The van der Waals surface area contributed by atoms with Crippen LogP contribution < -0.4 is 16.8 Å². The molecule has 0 saturated heterocycles. The first-order valence-corrected chi connectivity index (χ1v) is 7.63. The Morgan fingerprint density at radius 1 is 1.41 bits per heavy atom. The number of nitrogens with one attached hydrogen (secondary N) is 2. The number of aromatic amines is 1. The summed E-state index contributed by atoms with van der Waals surface area (Å²) < 4.78 is 0. The van der Waals surface area contributed by atoms with E-state index in [1.807, 2.05) is 4.90 Å². The number of rotatable bonds is 4. The molecule has 0 radical (unpaired) electrons. The van der Waals surface area contributed by atoms with E-state index in [9.17, 15) is 4.79 Å². The lowest BCUT2D eigenvalue weighted by atomic mass is 9.93. The molecule has 0 bridgehead atoms. The minimum absolute atomic E-state index is 0.189. The number of allylic oxidation sites excluding steroid dienone is 2. The van der Waals surface area contributed by atoms with Crippen LogP contribution in [-0.4, -0.2) is 33.4 Å². The first kappa shape index (κ1) is 14.5. The zero-order valence-electron chi connectivity index (χ0n) is 12.5. The summed E-state index contributed by atoms with van der Waals surface area (Å²) in [5, 5.41) is 2.90. The Kier molecular flexibility index (Phi) is 4.04. The van der Waals surface area contributed by atoms with Crippen LogP contribution in [0.1, 0.15) is 30.7 Å². The van der Waals surface area contributed by atoms with Gasteiger partial charge in [-0.15, -0.1) is 0 Å². The van der Waals surface area contributed by atoms with Gasteiger partial charge >= 0.3 is 0 Å². The van der Waals surface area contributed by atoms with Gasteiger partial charge < -0.3 is 26.7 Å². The number of nitrogens with two attached hydrogens (primary N) is 2. The minimum atomic E-state index is -0.219. The largest absolute Gasteiger partial charge is 0.394 e. The number of imidazole rings is 1. The lowest BCUT2D eigenvalue weighted by molar-refractivity contribution is -0.118. The molecule has 6 N–H and O–H groups in total. The maximum Gasteiger partial charge on any atom is 0.267 e. The number of carbonyl (C=O) groups excluding carboxylic acids is 1. The number of carbonyl (C=O) groups is 1. The molecule has 7 heteroatoms. The topological polar surface area (TPSA) is 113 Å². The van der Waals surface area contributed by atoms with Crippen molar-refractivity contribution in [1.29, 1.82) is 0 Å². The summed E-state index contributed by atoms with van der Waals surface area (Å²) in [5.41, 5.74) is 14.2. The summed E-state index contributed by atoms with van der Waals surface area (Å²) >= 11 is 0. The van der Waals surface area contributed by atoms with Gasteiger partial charge in [-0.3, -0.25) is 4.79 Å². The van der Waals surface area contributed by atoms with E-state index in [2.05, 4.69) is 15.3 Å². The molecule has 3 rings (SSSR count). The van der Waals surface area contributed by atoms with Crippen LogP contribution in [0.15, 0.2) is 30.0 Å². The Bertz CT molecular complexity index is 613. The number of H-pyrrole nitrogens is 1. The summed E-state index contributed by atoms with van der Waals surface area (Å²) in [5.74, 6) is 0.378. The molecule has 7 nitrogen and oxygen atoms in total. The van der Waals surface area contributed by atoms with Gasteiger partial charge in [-0.1, -0.05) is 0 Å². The highest BCUT2D eigenvalue weighted by atomic mass is 16.2. The lowest BCUT2D eigenvalue weighted by Crippen LogP contribution is -2.41. The van der Waals surface area contributed by atoms with E-state index in [1.54, 1.807) is 18.5 Å². The summed E-state index contributed by atoms with van der Waals surface area (Å²) in [6.45, 7) is 1.50. The molecule has 2 aliphatic rings. The molecule has 0 unspecified atom stereocenters. The Morgan fingerprint density at radius 3 is 2.95 bits per heavy atom. The molecular weight excluding hydrogens is 280 g/mol. The zero-order chi connectivity index (χ0) is 15.5. The Morgan fingerprint density at radius 2 is 2.23 bits per heavy atom. The van der Waals surface area contributed by atoms with E-state index in [0.717, 1.165) is 37.2 Å². The van der Waals surface area contributed by atoms with Gasteiger partial charge in [-0.2, -0.15) is 0 Å². The maximum absolute atomic E-state index is 11.9. The van der Waals surface area contributed by atoms with Crippen LogP contribution in [0.2, 0.25) is 0 Å². The van der Waals surface area contributed by atoms with Crippen LogP contribution in [0.5, 0.6) is 0 Å².